The molecule has 0 N–H and O–H groups in total. The molecule has 294 valence electrons. The standard InChI is InChI=1S/C46H76N2O4/c1-5-9-13-17-23-31-41(32-24-18-14-10-6-2)45(49)51-37-29-21-27-35-43-39-47-40-44(48-43)36-28-22-30-38-52-46(50)42(33-25-19-15-11-7-3)34-26-20-16-12-8-4/h39-42H,5-26,29-34,37-38H2,1-4H3. The summed E-state index contributed by atoms with van der Waals surface area (Å²) in [5, 5.41) is 0. The largest absolute Gasteiger partial charge is 0.465 e. The van der Waals surface area contributed by atoms with Gasteiger partial charge in [0.25, 0.3) is 0 Å². The second-order valence-electron chi connectivity index (χ2n) is 14.6. The summed E-state index contributed by atoms with van der Waals surface area (Å²) in [6.45, 7) is 9.73. The number of carbonyl (C=O) groups excluding carboxylic acids is 2. The molecule has 0 radical (unpaired) electrons. The van der Waals surface area contributed by atoms with E-state index in [0.29, 0.717) is 50.3 Å². The van der Waals surface area contributed by atoms with Crippen molar-refractivity contribution in [3.8, 4) is 23.7 Å². The fourth-order valence-electron chi connectivity index (χ4n) is 6.43. The minimum absolute atomic E-state index is 0.0280. The van der Waals surface area contributed by atoms with Crippen LogP contribution in [0.5, 0.6) is 0 Å². The third-order valence-corrected chi connectivity index (χ3v) is 9.74. The van der Waals surface area contributed by atoms with Crippen LogP contribution in [0.25, 0.3) is 0 Å². The zero-order valence-electron chi connectivity index (χ0n) is 34.1. The second kappa shape index (κ2) is 35.2. The molecule has 0 saturated carbocycles. The zero-order chi connectivity index (χ0) is 37.7. The van der Waals surface area contributed by atoms with E-state index in [2.05, 4.69) is 61.3 Å². The van der Waals surface area contributed by atoms with E-state index in [-0.39, 0.29) is 23.8 Å². The van der Waals surface area contributed by atoms with Crippen LogP contribution in [0.15, 0.2) is 12.4 Å². The van der Waals surface area contributed by atoms with Gasteiger partial charge in [-0.3, -0.25) is 14.6 Å². The first-order valence-electron chi connectivity index (χ1n) is 21.7. The molecule has 6 nitrogen and oxygen atoms in total. The Labute approximate surface area is 320 Å². The van der Waals surface area contributed by atoms with Crippen LogP contribution in [0.1, 0.15) is 219 Å². The highest BCUT2D eigenvalue weighted by Gasteiger charge is 2.20. The summed E-state index contributed by atoms with van der Waals surface area (Å²) in [4.78, 5) is 34.6. The van der Waals surface area contributed by atoms with Gasteiger partial charge < -0.3 is 9.47 Å². The average molecular weight is 721 g/mol. The Morgan fingerprint density at radius 2 is 0.827 bits per heavy atom. The molecule has 0 amide bonds. The fraction of sp³-hybridized carbons (Fsp3) is 0.783. The highest BCUT2D eigenvalue weighted by Crippen LogP contribution is 2.22. The van der Waals surface area contributed by atoms with Crippen LogP contribution in [0.3, 0.4) is 0 Å². The molecule has 1 aromatic rings. The van der Waals surface area contributed by atoms with Crippen LogP contribution >= 0.6 is 0 Å². The molecule has 0 atom stereocenters. The van der Waals surface area contributed by atoms with E-state index in [4.69, 9.17) is 9.47 Å². The summed E-state index contributed by atoms with van der Waals surface area (Å²) in [6.07, 6.45) is 34.0. The highest BCUT2D eigenvalue weighted by molar-refractivity contribution is 5.72. The van der Waals surface area contributed by atoms with Gasteiger partial charge in [0.15, 0.2) is 0 Å². The maximum atomic E-state index is 12.9. The molecule has 0 aliphatic carbocycles. The molecule has 6 heteroatoms. The quantitative estimate of drug-likeness (QED) is 0.0419. The van der Waals surface area contributed by atoms with Crippen LogP contribution in [-0.4, -0.2) is 35.1 Å². The van der Waals surface area contributed by atoms with Crippen molar-refractivity contribution in [3.63, 3.8) is 0 Å². The summed E-state index contributed by atoms with van der Waals surface area (Å²) in [6, 6.07) is 0. The number of carbonyl (C=O) groups is 2. The van der Waals surface area contributed by atoms with E-state index >= 15 is 0 Å². The summed E-state index contributed by atoms with van der Waals surface area (Å²) in [7, 11) is 0. The summed E-state index contributed by atoms with van der Waals surface area (Å²) in [5.74, 6) is 12.4. The van der Waals surface area contributed by atoms with Gasteiger partial charge in [-0.2, -0.15) is 0 Å². The molecule has 0 spiro atoms. The lowest BCUT2D eigenvalue weighted by atomic mass is 9.94. The third-order valence-electron chi connectivity index (χ3n) is 9.74. The number of aromatic nitrogens is 2. The number of hydrogen-bond donors (Lipinski definition) is 0. The molecule has 0 saturated heterocycles. The van der Waals surface area contributed by atoms with Crippen molar-refractivity contribution in [1.82, 2.24) is 9.97 Å². The molecule has 1 rings (SSSR count). The lowest BCUT2D eigenvalue weighted by Gasteiger charge is -2.16. The van der Waals surface area contributed by atoms with Crippen LogP contribution in [0.4, 0.5) is 0 Å². The molecule has 0 fully saturated rings. The van der Waals surface area contributed by atoms with Crippen molar-refractivity contribution >= 4 is 11.9 Å². The maximum absolute atomic E-state index is 12.9. The Morgan fingerprint density at radius 1 is 0.500 bits per heavy atom. The molecule has 0 aliphatic rings. The first-order valence-corrected chi connectivity index (χ1v) is 21.7. The maximum Gasteiger partial charge on any atom is 0.308 e. The lowest BCUT2D eigenvalue weighted by Crippen LogP contribution is -2.18. The molecule has 0 aromatic carbocycles. The van der Waals surface area contributed by atoms with Gasteiger partial charge in [-0.05, 0) is 50.4 Å². The van der Waals surface area contributed by atoms with E-state index in [1.807, 2.05) is 0 Å². The Kier molecular flexibility index (Phi) is 31.9. The molecule has 0 aliphatic heterocycles. The summed E-state index contributed by atoms with van der Waals surface area (Å²) >= 11 is 0. The topological polar surface area (TPSA) is 78.4 Å². The van der Waals surface area contributed by atoms with Gasteiger partial charge in [0, 0.05) is 12.8 Å². The van der Waals surface area contributed by atoms with Crippen LogP contribution in [0, 0.1) is 35.5 Å². The smallest absolute Gasteiger partial charge is 0.308 e. The van der Waals surface area contributed by atoms with E-state index in [0.717, 1.165) is 51.4 Å². The fourth-order valence-corrected chi connectivity index (χ4v) is 6.43. The highest BCUT2D eigenvalue weighted by atomic mass is 16.5. The van der Waals surface area contributed by atoms with Gasteiger partial charge in [-0.15, -0.1) is 0 Å². The Balaban J connectivity index is 2.44. The van der Waals surface area contributed by atoms with Crippen molar-refractivity contribution in [2.75, 3.05) is 13.2 Å². The number of rotatable bonds is 32. The van der Waals surface area contributed by atoms with Gasteiger partial charge in [0.05, 0.1) is 37.4 Å². The lowest BCUT2D eigenvalue weighted by molar-refractivity contribution is -0.150. The first-order chi connectivity index (χ1) is 25.5. The number of unbranched alkanes of at least 4 members (excludes halogenated alkanes) is 18. The van der Waals surface area contributed by atoms with Crippen molar-refractivity contribution < 1.29 is 19.1 Å². The van der Waals surface area contributed by atoms with Gasteiger partial charge in [-0.1, -0.05) is 168 Å². The van der Waals surface area contributed by atoms with Gasteiger partial charge >= 0.3 is 11.9 Å². The number of hydrogen-bond acceptors (Lipinski definition) is 6. The molecule has 52 heavy (non-hydrogen) atoms. The van der Waals surface area contributed by atoms with Crippen LogP contribution < -0.4 is 0 Å². The van der Waals surface area contributed by atoms with Gasteiger partial charge in [0.1, 0.15) is 11.4 Å². The number of ether oxygens (including phenoxy) is 2. The van der Waals surface area contributed by atoms with Crippen molar-refractivity contribution in [1.29, 1.82) is 0 Å². The molecule has 1 aromatic heterocycles. The van der Waals surface area contributed by atoms with E-state index < -0.39 is 0 Å². The third kappa shape index (κ3) is 26.8. The van der Waals surface area contributed by atoms with Crippen molar-refractivity contribution in [2.24, 2.45) is 11.8 Å². The van der Waals surface area contributed by atoms with Crippen LogP contribution in [0.2, 0.25) is 0 Å². The number of nitrogens with zero attached hydrogens (tertiary/aromatic N) is 2. The zero-order valence-corrected chi connectivity index (χ0v) is 34.1. The van der Waals surface area contributed by atoms with Gasteiger partial charge in [0.2, 0.25) is 0 Å². The Bertz CT molecular complexity index is 1030. The Morgan fingerprint density at radius 3 is 1.15 bits per heavy atom. The van der Waals surface area contributed by atoms with E-state index in [9.17, 15) is 9.59 Å². The molecule has 0 unspecified atom stereocenters. The average Bonchev–Trinajstić information content (AvgIpc) is 3.15. The van der Waals surface area contributed by atoms with E-state index in [1.165, 1.54) is 103 Å². The molecular weight excluding hydrogens is 645 g/mol. The monoisotopic (exact) mass is 721 g/mol. The van der Waals surface area contributed by atoms with Crippen molar-refractivity contribution in [3.05, 3.63) is 23.8 Å². The molecule has 1 heterocycles. The minimum Gasteiger partial charge on any atom is -0.465 e. The predicted octanol–water partition coefficient (Wildman–Crippen LogP) is 12.5. The first kappa shape index (κ1) is 47.2. The van der Waals surface area contributed by atoms with Crippen molar-refractivity contribution in [2.45, 2.75) is 207 Å². The molecule has 0 bridgehead atoms. The molecular formula is C46H76N2O4. The minimum atomic E-state index is -0.0280. The van der Waals surface area contributed by atoms with E-state index in [1.54, 1.807) is 12.4 Å². The predicted molar refractivity (Wildman–Crippen MR) is 217 cm³/mol. The summed E-state index contributed by atoms with van der Waals surface area (Å²) in [5.41, 5.74) is 1.17. The van der Waals surface area contributed by atoms with Crippen LogP contribution in [-0.2, 0) is 19.1 Å². The SMILES string of the molecule is CCCCCCCC(CCCCCCC)C(=O)OCCCC#Cc1cncc(C#CCCCOC(=O)C(CCCCCCC)CCCCCCC)n1. The Hall–Kier alpha value is -2.86. The van der Waals surface area contributed by atoms with Gasteiger partial charge in [-0.25, -0.2) is 4.98 Å². The second-order valence-corrected chi connectivity index (χ2v) is 14.6. The summed E-state index contributed by atoms with van der Waals surface area (Å²) < 4.78 is 11.4. The number of esters is 2. The normalized spacial score (nSPS) is 10.9.